The molecule has 0 amide bonds. The van der Waals surface area contributed by atoms with E-state index in [-0.39, 0.29) is 0 Å². The number of hydrogen-bond acceptors (Lipinski definition) is 2. The van der Waals surface area contributed by atoms with Crippen molar-refractivity contribution in [2.45, 2.75) is 6.42 Å². The minimum Gasteiger partial charge on any atom is -0.359 e. The molecule has 57 valence electrons. The molecule has 0 aliphatic carbocycles. The van der Waals surface area contributed by atoms with Crippen molar-refractivity contribution < 1.29 is 0 Å². The third-order valence-electron chi connectivity index (χ3n) is 2.01. The van der Waals surface area contributed by atoms with Crippen LogP contribution in [0.5, 0.6) is 0 Å². The van der Waals surface area contributed by atoms with E-state index in [1.165, 1.54) is 5.56 Å². The molecule has 1 aliphatic rings. The summed E-state index contributed by atoms with van der Waals surface area (Å²) in [6, 6.07) is 4.09. The van der Waals surface area contributed by atoms with Crippen LogP contribution in [0, 0.1) is 6.42 Å². The minimum absolute atomic E-state index is 1.09. The van der Waals surface area contributed by atoms with Crippen LogP contribution in [0.2, 0.25) is 0 Å². The fourth-order valence-electron chi connectivity index (χ4n) is 1.41. The first kappa shape index (κ1) is 6.65. The highest BCUT2D eigenvalue weighted by Crippen LogP contribution is 2.23. The third kappa shape index (κ3) is 1.09. The van der Waals surface area contributed by atoms with Crippen LogP contribution in [-0.4, -0.2) is 18.6 Å². The van der Waals surface area contributed by atoms with Gasteiger partial charge in [-0.3, -0.25) is 0 Å². The Balaban J connectivity index is 2.44. The van der Waals surface area contributed by atoms with Crippen molar-refractivity contribution in [1.82, 2.24) is 4.98 Å². The first-order valence-electron chi connectivity index (χ1n) is 3.87. The molecule has 1 aromatic rings. The van der Waals surface area contributed by atoms with Gasteiger partial charge in [-0.25, -0.2) is 4.98 Å². The van der Waals surface area contributed by atoms with Crippen LogP contribution >= 0.6 is 0 Å². The highest BCUT2D eigenvalue weighted by atomic mass is 15.2. The molecule has 0 saturated heterocycles. The Labute approximate surface area is 66.9 Å². The van der Waals surface area contributed by atoms with Gasteiger partial charge in [-0.1, -0.05) is 6.07 Å². The highest BCUT2D eigenvalue weighted by Gasteiger charge is 2.13. The summed E-state index contributed by atoms with van der Waals surface area (Å²) in [5, 5.41) is 0. The number of rotatable bonds is 0. The molecular weight excluding hydrogens is 136 g/mol. The normalized spacial score (nSPS) is 16.3. The van der Waals surface area contributed by atoms with Gasteiger partial charge >= 0.3 is 0 Å². The molecule has 0 spiro atoms. The van der Waals surface area contributed by atoms with Crippen molar-refractivity contribution in [1.29, 1.82) is 0 Å². The molecule has 11 heavy (non-hydrogen) atoms. The maximum absolute atomic E-state index is 4.29. The van der Waals surface area contributed by atoms with Gasteiger partial charge in [0.2, 0.25) is 0 Å². The van der Waals surface area contributed by atoms with E-state index in [2.05, 4.69) is 29.4 Å². The molecule has 0 unspecified atom stereocenters. The molecule has 0 fully saturated rings. The summed E-state index contributed by atoms with van der Waals surface area (Å²) in [5.41, 5.74) is 1.27. The maximum atomic E-state index is 4.29. The average Bonchev–Trinajstić information content (AvgIpc) is 2.06. The van der Waals surface area contributed by atoms with Crippen molar-refractivity contribution >= 4 is 5.82 Å². The van der Waals surface area contributed by atoms with Crippen molar-refractivity contribution in [2.24, 2.45) is 0 Å². The second kappa shape index (κ2) is 2.53. The van der Waals surface area contributed by atoms with Crippen molar-refractivity contribution in [3.63, 3.8) is 0 Å². The van der Waals surface area contributed by atoms with E-state index in [4.69, 9.17) is 0 Å². The summed E-state index contributed by atoms with van der Waals surface area (Å²) in [4.78, 5) is 6.48. The van der Waals surface area contributed by atoms with Crippen LogP contribution in [0.1, 0.15) is 12.0 Å². The molecule has 2 rings (SSSR count). The number of hydrogen-bond donors (Lipinski definition) is 0. The average molecular weight is 147 g/mol. The van der Waals surface area contributed by atoms with E-state index >= 15 is 0 Å². The molecule has 1 aromatic heterocycles. The maximum Gasteiger partial charge on any atom is 0.131 e. The number of pyridine rings is 1. The lowest BCUT2D eigenvalue weighted by Gasteiger charge is -2.25. The Kier molecular flexibility index (Phi) is 1.53. The predicted molar refractivity (Wildman–Crippen MR) is 45.5 cm³/mol. The van der Waals surface area contributed by atoms with Gasteiger partial charge in [0.05, 0.1) is 0 Å². The zero-order valence-electron chi connectivity index (χ0n) is 6.62. The zero-order chi connectivity index (χ0) is 7.68. The molecule has 0 saturated carbocycles. The molecule has 0 N–H and O–H groups in total. The van der Waals surface area contributed by atoms with Crippen LogP contribution in [-0.2, 0) is 0 Å². The van der Waals surface area contributed by atoms with E-state index in [0.717, 1.165) is 18.8 Å². The SMILES string of the molecule is CN1CC[CH]c2cccnc21. The van der Waals surface area contributed by atoms with Crippen LogP contribution in [0.3, 0.4) is 0 Å². The Morgan fingerprint density at radius 3 is 3.27 bits per heavy atom. The monoisotopic (exact) mass is 147 g/mol. The van der Waals surface area contributed by atoms with Gasteiger partial charge in [-0.05, 0) is 24.5 Å². The van der Waals surface area contributed by atoms with Gasteiger partial charge in [0.15, 0.2) is 0 Å². The van der Waals surface area contributed by atoms with Gasteiger partial charge < -0.3 is 4.90 Å². The van der Waals surface area contributed by atoms with E-state index < -0.39 is 0 Å². The fourth-order valence-corrected chi connectivity index (χ4v) is 1.41. The van der Waals surface area contributed by atoms with Crippen molar-refractivity contribution in [3.8, 4) is 0 Å². The number of aromatic nitrogens is 1. The van der Waals surface area contributed by atoms with Crippen LogP contribution < -0.4 is 4.90 Å². The zero-order valence-corrected chi connectivity index (χ0v) is 6.62. The van der Waals surface area contributed by atoms with Crippen LogP contribution in [0.15, 0.2) is 18.3 Å². The second-order valence-corrected chi connectivity index (χ2v) is 2.83. The first-order chi connectivity index (χ1) is 5.38. The summed E-state index contributed by atoms with van der Waals surface area (Å²) in [7, 11) is 2.08. The Hall–Kier alpha value is -1.05. The van der Waals surface area contributed by atoms with E-state index in [1.54, 1.807) is 0 Å². The van der Waals surface area contributed by atoms with Gasteiger partial charge in [0.1, 0.15) is 5.82 Å². The Morgan fingerprint density at radius 2 is 2.45 bits per heavy atom. The quantitative estimate of drug-likeness (QED) is 0.552. The summed E-state index contributed by atoms with van der Waals surface area (Å²) >= 11 is 0. The van der Waals surface area contributed by atoms with E-state index in [1.807, 2.05) is 12.3 Å². The topological polar surface area (TPSA) is 16.1 Å². The lowest BCUT2D eigenvalue weighted by Crippen LogP contribution is -2.24. The van der Waals surface area contributed by atoms with Gasteiger partial charge in [-0.2, -0.15) is 0 Å². The van der Waals surface area contributed by atoms with Crippen molar-refractivity contribution in [2.75, 3.05) is 18.5 Å². The summed E-state index contributed by atoms with van der Waals surface area (Å²) < 4.78 is 0. The Bertz CT molecular complexity index is 257. The predicted octanol–water partition coefficient (Wildman–Crippen LogP) is 1.47. The standard InChI is InChI=1S/C9H11N2/c1-11-7-3-5-8-4-2-6-10-9(8)11/h2,4-6H,3,7H2,1H3. The summed E-state index contributed by atoms with van der Waals surface area (Å²) in [6.45, 7) is 1.09. The third-order valence-corrected chi connectivity index (χ3v) is 2.01. The molecular formula is C9H11N2. The molecule has 0 aromatic carbocycles. The fraction of sp³-hybridized carbons (Fsp3) is 0.333. The molecule has 2 heteroatoms. The smallest absolute Gasteiger partial charge is 0.131 e. The molecule has 0 atom stereocenters. The molecule has 1 radical (unpaired) electrons. The van der Waals surface area contributed by atoms with Crippen molar-refractivity contribution in [3.05, 3.63) is 30.3 Å². The van der Waals surface area contributed by atoms with Gasteiger partial charge in [-0.15, -0.1) is 0 Å². The summed E-state index contributed by atoms with van der Waals surface area (Å²) in [6.07, 6.45) is 5.21. The largest absolute Gasteiger partial charge is 0.359 e. The van der Waals surface area contributed by atoms with Crippen LogP contribution in [0.4, 0.5) is 5.82 Å². The lowest BCUT2D eigenvalue weighted by atomic mass is 10.1. The van der Waals surface area contributed by atoms with E-state index in [9.17, 15) is 0 Å². The van der Waals surface area contributed by atoms with Gasteiger partial charge in [0, 0.05) is 19.8 Å². The second-order valence-electron chi connectivity index (χ2n) is 2.83. The number of nitrogens with zero attached hydrogens (tertiary/aromatic N) is 2. The molecule has 2 nitrogen and oxygen atoms in total. The Morgan fingerprint density at radius 1 is 1.55 bits per heavy atom. The first-order valence-corrected chi connectivity index (χ1v) is 3.87. The van der Waals surface area contributed by atoms with E-state index in [0.29, 0.717) is 0 Å². The lowest BCUT2D eigenvalue weighted by molar-refractivity contribution is 0.817. The molecule has 2 heterocycles. The number of fused-ring (bicyclic) bond motifs is 1. The molecule has 1 aliphatic heterocycles. The molecule has 0 bridgehead atoms. The summed E-state index contributed by atoms with van der Waals surface area (Å²) in [5.74, 6) is 1.11. The number of anilines is 1. The highest BCUT2D eigenvalue weighted by molar-refractivity contribution is 5.52. The van der Waals surface area contributed by atoms with Crippen LogP contribution in [0.25, 0.3) is 0 Å². The van der Waals surface area contributed by atoms with Gasteiger partial charge in [0.25, 0.3) is 0 Å². The minimum atomic E-state index is 1.09.